The number of pyridine rings is 1. The Morgan fingerprint density at radius 2 is 2.22 bits per heavy atom. The van der Waals surface area contributed by atoms with Crippen LogP contribution in [0.3, 0.4) is 0 Å². The molecule has 0 radical (unpaired) electrons. The minimum atomic E-state index is -0.394. The molecular formula is C13H18N2O3. The quantitative estimate of drug-likeness (QED) is 0.879. The second-order valence-electron chi connectivity index (χ2n) is 4.67. The van der Waals surface area contributed by atoms with E-state index in [1.165, 1.54) is 0 Å². The fourth-order valence-electron chi connectivity index (χ4n) is 2.35. The summed E-state index contributed by atoms with van der Waals surface area (Å²) in [6.07, 6.45) is 3.51. The molecule has 3 heterocycles. The van der Waals surface area contributed by atoms with Crippen molar-refractivity contribution in [3.63, 3.8) is 0 Å². The van der Waals surface area contributed by atoms with Crippen molar-refractivity contribution in [1.82, 2.24) is 4.98 Å². The van der Waals surface area contributed by atoms with Gasteiger partial charge in [0.2, 0.25) is 0 Å². The van der Waals surface area contributed by atoms with Crippen LogP contribution in [0.5, 0.6) is 0 Å². The monoisotopic (exact) mass is 250 g/mol. The van der Waals surface area contributed by atoms with E-state index in [2.05, 4.69) is 10.3 Å². The van der Waals surface area contributed by atoms with Crippen LogP contribution in [0.25, 0.3) is 0 Å². The first-order valence-electron chi connectivity index (χ1n) is 6.41. The van der Waals surface area contributed by atoms with Gasteiger partial charge in [0.15, 0.2) is 5.79 Å². The summed E-state index contributed by atoms with van der Waals surface area (Å²) in [6, 6.07) is 5.80. The van der Waals surface area contributed by atoms with Gasteiger partial charge in [-0.2, -0.15) is 0 Å². The average Bonchev–Trinajstić information content (AvgIpc) is 2.82. The van der Waals surface area contributed by atoms with Crippen LogP contribution in [0.2, 0.25) is 0 Å². The zero-order valence-electron chi connectivity index (χ0n) is 10.3. The fourth-order valence-corrected chi connectivity index (χ4v) is 2.35. The second-order valence-corrected chi connectivity index (χ2v) is 4.67. The van der Waals surface area contributed by atoms with Gasteiger partial charge in [-0.05, 0) is 12.1 Å². The van der Waals surface area contributed by atoms with Crippen molar-refractivity contribution < 1.29 is 14.2 Å². The van der Waals surface area contributed by atoms with Gasteiger partial charge in [0.1, 0.15) is 11.9 Å². The van der Waals surface area contributed by atoms with Crippen LogP contribution in [0, 0.1) is 0 Å². The fraction of sp³-hybridized carbons (Fsp3) is 0.615. The van der Waals surface area contributed by atoms with Crippen molar-refractivity contribution in [2.24, 2.45) is 0 Å². The molecule has 1 aromatic heterocycles. The Hall–Kier alpha value is -1.17. The molecule has 98 valence electrons. The molecule has 2 aliphatic heterocycles. The molecule has 3 rings (SSSR count). The highest BCUT2D eigenvalue weighted by Crippen LogP contribution is 2.33. The van der Waals surface area contributed by atoms with Crippen molar-refractivity contribution in [2.45, 2.75) is 24.7 Å². The van der Waals surface area contributed by atoms with Gasteiger partial charge in [-0.15, -0.1) is 0 Å². The van der Waals surface area contributed by atoms with Crippen LogP contribution in [0.1, 0.15) is 12.8 Å². The van der Waals surface area contributed by atoms with Crippen molar-refractivity contribution in [2.75, 3.05) is 31.7 Å². The van der Waals surface area contributed by atoms with Gasteiger partial charge in [0.25, 0.3) is 0 Å². The van der Waals surface area contributed by atoms with Crippen molar-refractivity contribution in [1.29, 1.82) is 0 Å². The Morgan fingerprint density at radius 3 is 3.00 bits per heavy atom. The molecule has 1 N–H and O–H groups in total. The lowest BCUT2D eigenvalue weighted by molar-refractivity contribution is -0.209. The maximum absolute atomic E-state index is 6.02. The molecule has 0 amide bonds. The zero-order valence-corrected chi connectivity index (χ0v) is 10.3. The molecule has 5 heteroatoms. The van der Waals surface area contributed by atoms with Crippen molar-refractivity contribution in [3.05, 3.63) is 24.4 Å². The van der Waals surface area contributed by atoms with Crippen molar-refractivity contribution >= 4 is 5.82 Å². The van der Waals surface area contributed by atoms with E-state index in [0.29, 0.717) is 6.61 Å². The number of hydrogen-bond acceptors (Lipinski definition) is 5. The first-order valence-corrected chi connectivity index (χ1v) is 6.41. The van der Waals surface area contributed by atoms with Gasteiger partial charge in [-0.3, -0.25) is 0 Å². The number of aromatic nitrogens is 1. The highest BCUT2D eigenvalue weighted by Gasteiger charge is 2.42. The van der Waals surface area contributed by atoms with Gasteiger partial charge in [0, 0.05) is 25.6 Å². The Morgan fingerprint density at radius 1 is 1.33 bits per heavy atom. The molecule has 2 fully saturated rings. The maximum atomic E-state index is 6.02. The molecule has 1 atom stereocenters. The number of anilines is 1. The standard InChI is InChI=1S/C13H18N2O3/c1-2-6-14-12(3-1)15-9-11-10-17-13(18-11)4-7-16-8-5-13/h1-3,6,11H,4-5,7-10H2,(H,14,15). The Kier molecular flexibility index (Phi) is 3.45. The maximum Gasteiger partial charge on any atom is 0.173 e. The number of rotatable bonds is 3. The summed E-state index contributed by atoms with van der Waals surface area (Å²) in [6.45, 7) is 2.81. The summed E-state index contributed by atoms with van der Waals surface area (Å²) in [5.41, 5.74) is 0. The zero-order chi connectivity index (χ0) is 12.3. The molecule has 1 spiro atoms. The third kappa shape index (κ3) is 2.63. The highest BCUT2D eigenvalue weighted by molar-refractivity contribution is 5.33. The normalized spacial score (nSPS) is 26.3. The van der Waals surface area contributed by atoms with E-state index in [1.807, 2.05) is 18.2 Å². The Bertz CT molecular complexity index is 379. The Balaban J connectivity index is 1.50. The van der Waals surface area contributed by atoms with Crippen LogP contribution < -0.4 is 5.32 Å². The van der Waals surface area contributed by atoms with E-state index in [-0.39, 0.29) is 6.10 Å². The lowest BCUT2D eigenvalue weighted by atomic mass is 10.1. The molecule has 1 unspecified atom stereocenters. The summed E-state index contributed by atoms with van der Waals surface area (Å²) < 4.78 is 17.2. The smallest absolute Gasteiger partial charge is 0.173 e. The van der Waals surface area contributed by atoms with Crippen LogP contribution >= 0.6 is 0 Å². The summed E-state index contributed by atoms with van der Waals surface area (Å²) in [4.78, 5) is 4.22. The van der Waals surface area contributed by atoms with E-state index in [0.717, 1.165) is 38.4 Å². The average molecular weight is 250 g/mol. The van der Waals surface area contributed by atoms with E-state index in [9.17, 15) is 0 Å². The highest BCUT2D eigenvalue weighted by atomic mass is 16.7. The Labute approximate surface area is 106 Å². The second kappa shape index (κ2) is 5.22. The minimum Gasteiger partial charge on any atom is -0.381 e. The lowest BCUT2D eigenvalue weighted by Crippen LogP contribution is -2.38. The van der Waals surface area contributed by atoms with Crippen LogP contribution in [-0.4, -0.2) is 43.2 Å². The molecule has 0 aliphatic carbocycles. The SMILES string of the molecule is c1ccc(NCC2COC3(CCOCC3)O2)nc1. The molecule has 18 heavy (non-hydrogen) atoms. The van der Waals surface area contributed by atoms with Gasteiger partial charge in [-0.25, -0.2) is 4.98 Å². The first-order chi connectivity index (χ1) is 8.86. The number of nitrogens with one attached hydrogen (secondary N) is 1. The van der Waals surface area contributed by atoms with Crippen LogP contribution in [0.4, 0.5) is 5.82 Å². The molecule has 1 aromatic rings. The van der Waals surface area contributed by atoms with Crippen LogP contribution in [-0.2, 0) is 14.2 Å². The first kappa shape index (κ1) is 11.9. The van der Waals surface area contributed by atoms with E-state index in [1.54, 1.807) is 6.20 Å². The lowest BCUT2D eigenvalue weighted by Gasteiger charge is -2.31. The van der Waals surface area contributed by atoms with E-state index < -0.39 is 5.79 Å². The third-order valence-electron chi connectivity index (χ3n) is 3.34. The summed E-state index contributed by atoms with van der Waals surface area (Å²) in [7, 11) is 0. The number of hydrogen-bond donors (Lipinski definition) is 1. The molecule has 2 aliphatic rings. The van der Waals surface area contributed by atoms with E-state index >= 15 is 0 Å². The molecule has 0 aromatic carbocycles. The van der Waals surface area contributed by atoms with Crippen LogP contribution in [0.15, 0.2) is 24.4 Å². The predicted molar refractivity (Wildman–Crippen MR) is 66.3 cm³/mol. The summed E-state index contributed by atoms with van der Waals surface area (Å²) in [5.74, 6) is 0.475. The molecule has 0 bridgehead atoms. The number of ether oxygens (including phenoxy) is 3. The van der Waals surface area contributed by atoms with Gasteiger partial charge >= 0.3 is 0 Å². The van der Waals surface area contributed by atoms with E-state index in [4.69, 9.17) is 14.2 Å². The number of nitrogens with zero attached hydrogens (tertiary/aromatic N) is 1. The van der Waals surface area contributed by atoms with Gasteiger partial charge in [0.05, 0.1) is 19.8 Å². The molecule has 5 nitrogen and oxygen atoms in total. The predicted octanol–water partition coefficient (Wildman–Crippen LogP) is 1.42. The van der Waals surface area contributed by atoms with Crippen molar-refractivity contribution in [3.8, 4) is 0 Å². The molecule has 2 saturated heterocycles. The van der Waals surface area contributed by atoms with Gasteiger partial charge < -0.3 is 19.5 Å². The molecule has 0 saturated carbocycles. The summed E-state index contributed by atoms with van der Waals surface area (Å²) in [5, 5.41) is 3.26. The topological polar surface area (TPSA) is 52.6 Å². The van der Waals surface area contributed by atoms with Gasteiger partial charge in [-0.1, -0.05) is 6.07 Å². The summed E-state index contributed by atoms with van der Waals surface area (Å²) >= 11 is 0. The largest absolute Gasteiger partial charge is 0.381 e. The molecular weight excluding hydrogens is 232 g/mol. The minimum absolute atomic E-state index is 0.0881. The third-order valence-corrected chi connectivity index (χ3v) is 3.34.